The number of hydrogen-bond acceptors (Lipinski definition) is 4. The van der Waals surface area contributed by atoms with Crippen LogP contribution < -0.4 is 10.9 Å². The zero-order chi connectivity index (χ0) is 21.5. The van der Waals surface area contributed by atoms with Crippen molar-refractivity contribution in [3.05, 3.63) is 68.6 Å². The van der Waals surface area contributed by atoms with E-state index in [1.165, 1.54) is 21.6 Å². The summed E-state index contributed by atoms with van der Waals surface area (Å²) in [6.45, 7) is 0.824. The number of nitrogens with one attached hydrogen (secondary N) is 1. The minimum Gasteiger partial charge on any atom is -0.481 e. The Balaban J connectivity index is 1.49. The number of carbonyl (C=O) groups is 3. The lowest BCUT2D eigenvalue weighted by Gasteiger charge is -2.31. The molecule has 8 nitrogen and oxygen atoms in total. The SMILES string of the molecule is O=C(NCc1ccc(Cl)cc1)c1ccc2n(c1=O)CCN(CC1(C(=O)O)CC1)C2=O. The Morgan fingerprint density at radius 1 is 1.07 bits per heavy atom. The van der Waals surface area contributed by atoms with Gasteiger partial charge in [-0.2, -0.15) is 0 Å². The zero-order valence-corrected chi connectivity index (χ0v) is 16.8. The largest absolute Gasteiger partial charge is 0.481 e. The van der Waals surface area contributed by atoms with Crippen LogP contribution in [0, 0.1) is 5.41 Å². The third-order valence-electron chi connectivity index (χ3n) is 5.69. The minimum absolute atomic E-state index is 0.0434. The number of benzene rings is 1. The zero-order valence-electron chi connectivity index (χ0n) is 16.1. The average molecular weight is 430 g/mol. The van der Waals surface area contributed by atoms with Crippen LogP contribution in [0.25, 0.3) is 0 Å². The molecule has 0 atom stereocenters. The Kier molecular flexibility index (Phi) is 5.11. The Morgan fingerprint density at radius 2 is 1.77 bits per heavy atom. The van der Waals surface area contributed by atoms with Crippen molar-refractivity contribution in [2.24, 2.45) is 5.41 Å². The highest BCUT2D eigenvalue weighted by molar-refractivity contribution is 6.30. The van der Waals surface area contributed by atoms with Crippen molar-refractivity contribution in [3.8, 4) is 0 Å². The average Bonchev–Trinajstić information content (AvgIpc) is 3.51. The van der Waals surface area contributed by atoms with Crippen LogP contribution in [-0.2, 0) is 17.9 Å². The molecular formula is C21H20ClN3O5. The van der Waals surface area contributed by atoms with E-state index in [0.717, 1.165) is 5.56 Å². The summed E-state index contributed by atoms with van der Waals surface area (Å²) in [6.07, 6.45) is 1.09. The van der Waals surface area contributed by atoms with Gasteiger partial charge in [-0.1, -0.05) is 23.7 Å². The molecule has 1 fully saturated rings. The van der Waals surface area contributed by atoms with Crippen molar-refractivity contribution in [1.82, 2.24) is 14.8 Å². The van der Waals surface area contributed by atoms with Gasteiger partial charge in [0.05, 0.1) is 5.41 Å². The number of rotatable bonds is 6. The summed E-state index contributed by atoms with van der Waals surface area (Å²) in [6, 6.07) is 9.78. The number of fused-ring (bicyclic) bond motifs is 1. The highest BCUT2D eigenvalue weighted by Gasteiger charge is 2.52. The molecular weight excluding hydrogens is 410 g/mol. The van der Waals surface area contributed by atoms with Gasteiger partial charge in [-0.15, -0.1) is 0 Å². The molecule has 1 aliphatic heterocycles. The van der Waals surface area contributed by atoms with E-state index in [4.69, 9.17) is 11.6 Å². The first kappa shape index (κ1) is 20.2. The van der Waals surface area contributed by atoms with Crippen LogP contribution in [0.15, 0.2) is 41.2 Å². The molecule has 0 spiro atoms. The second-order valence-electron chi connectivity index (χ2n) is 7.71. The summed E-state index contributed by atoms with van der Waals surface area (Å²) in [5, 5.41) is 12.6. The molecule has 1 aromatic heterocycles. The van der Waals surface area contributed by atoms with Crippen molar-refractivity contribution >= 4 is 29.4 Å². The minimum atomic E-state index is -0.897. The topological polar surface area (TPSA) is 109 Å². The molecule has 156 valence electrons. The second-order valence-corrected chi connectivity index (χ2v) is 8.15. The lowest BCUT2D eigenvalue weighted by Crippen LogP contribution is -2.48. The molecule has 1 aromatic carbocycles. The molecule has 1 aliphatic carbocycles. The number of hydrogen-bond donors (Lipinski definition) is 2. The van der Waals surface area contributed by atoms with Crippen LogP contribution in [0.3, 0.4) is 0 Å². The summed E-state index contributed by atoms with van der Waals surface area (Å²) in [5.74, 6) is -1.81. The Morgan fingerprint density at radius 3 is 2.40 bits per heavy atom. The molecule has 30 heavy (non-hydrogen) atoms. The smallest absolute Gasteiger partial charge is 0.311 e. The predicted octanol–water partition coefficient (Wildman–Crippen LogP) is 1.75. The molecule has 9 heteroatoms. The monoisotopic (exact) mass is 429 g/mol. The molecule has 2 N–H and O–H groups in total. The molecule has 2 aromatic rings. The maximum Gasteiger partial charge on any atom is 0.311 e. The van der Waals surface area contributed by atoms with E-state index in [1.807, 2.05) is 0 Å². The number of aromatic nitrogens is 1. The van der Waals surface area contributed by atoms with Gasteiger partial charge in [-0.25, -0.2) is 0 Å². The fourth-order valence-electron chi connectivity index (χ4n) is 3.63. The fraction of sp³-hybridized carbons (Fsp3) is 0.333. The number of halogens is 1. The van der Waals surface area contributed by atoms with Gasteiger partial charge in [0.2, 0.25) is 0 Å². The van der Waals surface area contributed by atoms with Gasteiger partial charge in [0, 0.05) is 31.2 Å². The van der Waals surface area contributed by atoms with Crippen molar-refractivity contribution in [2.45, 2.75) is 25.9 Å². The number of nitrogens with zero attached hydrogens (tertiary/aromatic N) is 2. The van der Waals surface area contributed by atoms with Crippen LogP contribution >= 0.6 is 11.6 Å². The Labute approximate surface area is 177 Å². The Bertz CT molecular complexity index is 1090. The van der Waals surface area contributed by atoms with E-state index in [2.05, 4.69) is 5.32 Å². The number of carbonyl (C=O) groups excluding carboxylic acids is 2. The number of pyridine rings is 1. The lowest BCUT2D eigenvalue weighted by molar-refractivity contribution is -0.143. The molecule has 0 saturated heterocycles. The summed E-state index contributed by atoms with van der Waals surface area (Å²) in [4.78, 5) is 51.0. The highest BCUT2D eigenvalue weighted by atomic mass is 35.5. The van der Waals surface area contributed by atoms with Gasteiger partial charge in [-0.3, -0.25) is 19.2 Å². The molecule has 4 rings (SSSR count). The van der Waals surface area contributed by atoms with Gasteiger partial charge >= 0.3 is 5.97 Å². The third-order valence-corrected chi connectivity index (χ3v) is 5.94. The maximum absolute atomic E-state index is 12.8. The molecule has 2 amide bonds. The molecule has 2 heterocycles. The van der Waals surface area contributed by atoms with Crippen molar-refractivity contribution in [1.29, 1.82) is 0 Å². The summed E-state index contributed by atoms with van der Waals surface area (Å²) >= 11 is 5.84. The molecule has 2 aliphatic rings. The van der Waals surface area contributed by atoms with Crippen LogP contribution in [0.5, 0.6) is 0 Å². The molecule has 0 radical (unpaired) electrons. The number of carboxylic acid groups (broad SMARTS) is 1. The van der Waals surface area contributed by atoms with Crippen molar-refractivity contribution in [3.63, 3.8) is 0 Å². The summed E-state index contributed by atoms with van der Waals surface area (Å²) in [7, 11) is 0. The Hall–Kier alpha value is -3.13. The van der Waals surface area contributed by atoms with Gasteiger partial charge in [0.15, 0.2) is 0 Å². The molecule has 1 saturated carbocycles. The lowest BCUT2D eigenvalue weighted by atomic mass is 10.1. The van der Waals surface area contributed by atoms with Gasteiger partial charge in [-0.05, 0) is 42.7 Å². The number of carboxylic acids is 1. The number of amides is 2. The van der Waals surface area contributed by atoms with Crippen LogP contribution in [0.4, 0.5) is 0 Å². The summed E-state index contributed by atoms with van der Waals surface area (Å²) < 4.78 is 1.29. The standard InChI is InChI=1S/C21H20ClN3O5/c22-14-3-1-13(2-4-14)11-23-17(26)15-5-6-16-19(28)24(9-10-25(16)18(15)27)12-21(7-8-21)20(29)30/h1-6H,7-12H2,(H,23,26)(H,29,30). The van der Waals surface area contributed by atoms with E-state index in [9.17, 15) is 24.3 Å². The number of aliphatic carboxylic acids is 1. The normalized spacial score (nSPS) is 16.7. The van der Waals surface area contributed by atoms with Gasteiger partial charge in [0.25, 0.3) is 17.4 Å². The van der Waals surface area contributed by atoms with Crippen molar-refractivity contribution in [2.75, 3.05) is 13.1 Å². The van der Waals surface area contributed by atoms with E-state index in [0.29, 0.717) is 17.9 Å². The third kappa shape index (κ3) is 3.70. The first-order valence-electron chi connectivity index (χ1n) is 9.60. The highest BCUT2D eigenvalue weighted by Crippen LogP contribution is 2.46. The maximum atomic E-state index is 12.8. The van der Waals surface area contributed by atoms with E-state index < -0.39 is 22.9 Å². The summed E-state index contributed by atoms with van der Waals surface area (Å²) in [5.41, 5.74) is -0.433. The van der Waals surface area contributed by atoms with Crippen LogP contribution in [0.1, 0.15) is 39.3 Å². The first-order valence-corrected chi connectivity index (χ1v) is 9.98. The first-order chi connectivity index (χ1) is 14.3. The second kappa shape index (κ2) is 7.60. The van der Waals surface area contributed by atoms with E-state index in [-0.39, 0.29) is 43.3 Å². The van der Waals surface area contributed by atoms with Gasteiger partial charge < -0.3 is 19.9 Å². The predicted molar refractivity (Wildman–Crippen MR) is 109 cm³/mol. The van der Waals surface area contributed by atoms with Crippen LogP contribution in [0.2, 0.25) is 5.02 Å². The van der Waals surface area contributed by atoms with E-state index >= 15 is 0 Å². The van der Waals surface area contributed by atoms with Crippen LogP contribution in [-0.4, -0.2) is 45.4 Å². The molecule has 0 unspecified atom stereocenters. The van der Waals surface area contributed by atoms with Gasteiger partial charge in [0.1, 0.15) is 11.3 Å². The fourth-order valence-corrected chi connectivity index (χ4v) is 3.76. The van der Waals surface area contributed by atoms with Crippen molar-refractivity contribution < 1.29 is 19.5 Å². The van der Waals surface area contributed by atoms with E-state index in [1.54, 1.807) is 24.3 Å². The molecule has 0 bridgehead atoms. The quantitative estimate of drug-likeness (QED) is 0.727.